The second-order valence-corrected chi connectivity index (χ2v) is 14.6. The molecule has 0 spiro atoms. The van der Waals surface area contributed by atoms with Gasteiger partial charge in [-0.3, -0.25) is 0 Å². The summed E-state index contributed by atoms with van der Waals surface area (Å²) in [6.45, 7) is 14.1. The molecule has 1 unspecified atom stereocenters. The normalized spacial score (nSPS) is 16.2. The van der Waals surface area contributed by atoms with Crippen molar-refractivity contribution in [3.05, 3.63) is 112 Å². The van der Waals surface area contributed by atoms with Gasteiger partial charge in [-0.25, -0.2) is 0 Å². The molecule has 0 saturated heterocycles. The first-order chi connectivity index (χ1) is 17.4. The molecule has 3 aromatic carbocycles. The summed E-state index contributed by atoms with van der Waals surface area (Å²) in [6.07, 6.45) is 7.32. The minimum Gasteiger partial charge on any atom is -0.0654 e. The van der Waals surface area contributed by atoms with E-state index in [9.17, 15) is 0 Å². The average Bonchev–Trinajstić information content (AvgIpc) is 3.11. The van der Waals surface area contributed by atoms with Crippen LogP contribution in [0.2, 0.25) is 0 Å². The SMILES string of the molecule is CCCCc1ccc([Si](C2=C(C)C(C)=C(C)C2C)(c2ccccc2)c2ccc(CCCC)cc2)cc1. The van der Waals surface area contributed by atoms with Gasteiger partial charge in [0.15, 0.2) is 8.07 Å². The fraction of sp³-hybridized carbons (Fsp3) is 0.371. The maximum atomic E-state index is 2.48. The number of allylic oxidation sites excluding steroid dienone is 4. The van der Waals surface area contributed by atoms with Gasteiger partial charge in [0.25, 0.3) is 0 Å². The fourth-order valence-corrected chi connectivity index (χ4v) is 11.8. The highest BCUT2D eigenvalue weighted by Gasteiger charge is 2.47. The van der Waals surface area contributed by atoms with E-state index in [2.05, 4.69) is 120 Å². The molecule has 4 rings (SSSR count). The third kappa shape index (κ3) is 4.83. The van der Waals surface area contributed by atoms with Gasteiger partial charge in [-0.2, -0.15) is 0 Å². The van der Waals surface area contributed by atoms with Gasteiger partial charge in [-0.05, 0) is 84.6 Å². The summed E-state index contributed by atoms with van der Waals surface area (Å²) < 4.78 is 0. The zero-order valence-corrected chi connectivity index (χ0v) is 24.3. The molecular formula is C35H44Si. The van der Waals surface area contributed by atoms with Crippen molar-refractivity contribution < 1.29 is 0 Å². The van der Waals surface area contributed by atoms with Crippen LogP contribution in [-0.4, -0.2) is 8.07 Å². The molecule has 1 aliphatic rings. The number of hydrogen-bond donors (Lipinski definition) is 0. The minimum atomic E-state index is -2.47. The van der Waals surface area contributed by atoms with Crippen LogP contribution in [0, 0.1) is 5.92 Å². The Morgan fingerprint density at radius 1 is 0.583 bits per heavy atom. The molecule has 0 aromatic heterocycles. The fourth-order valence-electron chi connectivity index (χ4n) is 6.23. The van der Waals surface area contributed by atoms with Gasteiger partial charge >= 0.3 is 0 Å². The molecule has 0 N–H and O–H groups in total. The maximum absolute atomic E-state index is 2.48. The molecular weight excluding hydrogens is 448 g/mol. The van der Waals surface area contributed by atoms with Gasteiger partial charge in [-0.15, -0.1) is 0 Å². The van der Waals surface area contributed by atoms with Crippen molar-refractivity contribution in [2.24, 2.45) is 5.92 Å². The van der Waals surface area contributed by atoms with E-state index in [0.29, 0.717) is 5.92 Å². The summed E-state index contributed by atoms with van der Waals surface area (Å²) in [5, 5.41) is 6.19. The maximum Gasteiger partial charge on any atom is 0.176 e. The largest absolute Gasteiger partial charge is 0.176 e. The lowest BCUT2D eigenvalue weighted by atomic mass is 10.1. The number of rotatable bonds is 10. The van der Waals surface area contributed by atoms with E-state index >= 15 is 0 Å². The van der Waals surface area contributed by atoms with Gasteiger partial charge in [0.05, 0.1) is 0 Å². The Kier molecular flexibility index (Phi) is 8.52. The Labute approximate surface area is 221 Å². The number of unbranched alkanes of at least 4 members (excludes halogenated alkanes) is 2. The molecule has 0 heterocycles. The van der Waals surface area contributed by atoms with E-state index in [4.69, 9.17) is 0 Å². The number of benzene rings is 3. The molecule has 188 valence electrons. The van der Waals surface area contributed by atoms with Gasteiger partial charge < -0.3 is 0 Å². The molecule has 36 heavy (non-hydrogen) atoms. The first-order valence-electron chi connectivity index (χ1n) is 14.1. The standard InChI is InChI=1S/C35H44Si/c1-7-9-14-30-18-22-33(23-19-30)36(32-16-12-11-13-17-32,35-28(5)26(3)27(4)29(35)6)34-24-20-31(21-25-34)15-10-8-2/h11-13,16-25,28H,7-10,14-15H2,1-6H3. The summed E-state index contributed by atoms with van der Waals surface area (Å²) in [5.41, 5.74) is 7.46. The van der Waals surface area contributed by atoms with Crippen molar-refractivity contribution in [3.63, 3.8) is 0 Å². The zero-order chi connectivity index (χ0) is 25.7. The quantitative estimate of drug-likeness (QED) is 0.201. The van der Waals surface area contributed by atoms with Gasteiger partial charge in [0.1, 0.15) is 0 Å². The summed E-state index contributed by atoms with van der Waals surface area (Å²) in [4.78, 5) is 0. The predicted octanol–water partition coefficient (Wildman–Crippen LogP) is 7.68. The third-order valence-electron chi connectivity index (χ3n) is 8.66. The lowest BCUT2D eigenvalue weighted by Gasteiger charge is -2.38. The van der Waals surface area contributed by atoms with Crippen LogP contribution in [0.25, 0.3) is 0 Å². The topological polar surface area (TPSA) is 0 Å². The van der Waals surface area contributed by atoms with Crippen molar-refractivity contribution in [3.8, 4) is 0 Å². The molecule has 0 saturated carbocycles. The van der Waals surface area contributed by atoms with Crippen LogP contribution in [-0.2, 0) is 12.8 Å². The van der Waals surface area contributed by atoms with E-state index in [1.807, 2.05) is 0 Å². The van der Waals surface area contributed by atoms with Crippen molar-refractivity contribution >= 4 is 23.6 Å². The first-order valence-corrected chi connectivity index (χ1v) is 16.1. The number of hydrogen-bond acceptors (Lipinski definition) is 0. The highest BCUT2D eigenvalue weighted by atomic mass is 28.3. The summed E-state index contributed by atoms with van der Waals surface area (Å²) in [5.74, 6) is 0.455. The van der Waals surface area contributed by atoms with Crippen LogP contribution < -0.4 is 15.6 Å². The molecule has 0 amide bonds. The van der Waals surface area contributed by atoms with Crippen LogP contribution in [0.1, 0.15) is 78.4 Å². The molecule has 0 nitrogen and oxygen atoms in total. The van der Waals surface area contributed by atoms with Crippen LogP contribution in [0.4, 0.5) is 0 Å². The van der Waals surface area contributed by atoms with E-state index < -0.39 is 8.07 Å². The van der Waals surface area contributed by atoms with Crippen LogP contribution >= 0.6 is 0 Å². The van der Waals surface area contributed by atoms with Crippen molar-refractivity contribution in [1.82, 2.24) is 0 Å². The molecule has 1 atom stereocenters. The van der Waals surface area contributed by atoms with Crippen LogP contribution in [0.15, 0.2) is 101 Å². The van der Waals surface area contributed by atoms with Gasteiger partial charge in [-0.1, -0.05) is 129 Å². The monoisotopic (exact) mass is 492 g/mol. The second-order valence-electron chi connectivity index (χ2n) is 10.8. The summed E-state index contributed by atoms with van der Waals surface area (Å²) in [7, 11) is -2.47. The highest BCUT2D eigenvalue weighted by Crippen LogP contribution is 2.41. The number of aryl methyl sites for hydroxylation is 2. The lowest BCUT2D eigenvalue weighted by Crippen LogP contribution is -2.69. The van der Waals surface area contributed by atoms with Crippen LogP contribution in [0.5, 0.6) is 0 Å². The summed E-state index contributed by atoms with van der Waals surface area (Å²) >= 11 is 0. The Bertz CT molecular complexity index is 1160. The lowest BCUT2D eigenvalue weighted by molar-refractivity contribution is 0.795. The van der Waals surface area contributed by atoms with E-state index in [0.717, 1.165) is 0 Å². The Morgan fingerprint density at radius 3 is 1.42 bits per heavy atom. The zero-order valence-electron chi connectivity index (χ0n) is 23.3. The predicted molar refractivity (Wildman–Crippen MR) is 161 cm³/mol. The molecule has 1 aliphatic carbocycles. The molecule has 0 fully saturated rings. The average molecular weight is 493 g/mol. The molecule has 0 bridgehead atoms. The summed E-state index contributed by atoms with van der Waals surface area (Å²) in [6, 6.07) is 31.0. The molecule has 0 radical (unpaired) electrons. The van der Waals surface area contributed by atoms with Gasteiger partial charge in [0.2, 0.25) is 0 Å². The minimum absolute atomic E-state index is 0.455. The Morgan fingerprint density at radius 2 is 1.03 bits per heavy atom. The van der Waals surface area contributed by atoms with Crippen molar-refractivity contribution in [2.75, 3.05) is 0 Å². The smallest absolute Gasteiger partial charge is 0.0654 e. The first kappa shape index (κ1) is 26.4. The van der Waals surface area contributed by atoms with Crippen molar-refractivity contribution in [2.45, 2.75) is 80.1 Å². The van der Waals surface area contributed by atoms with Gasteiger partial charge in [0, 0.05) is 0 Å². The molecule has 0 aliphatic heterocycles. The Balaban J connectivity index is 1.99. The van der Waals surface area contributed by atoms with E-state index in [1.165, 1.54) is 81.9 Å². The second kappa shape index (κ2) is 11.6. The van der Waals surface area contributed by atoms with Crippen LogP contribution in [0.3, 0.4) is 0 Å². The molecule has 3 aromatic rings. The third-order valence-corrected chi connectivity index (χ3v) is 13.9. The molecule has 1 heteroatoms. The van der Waals surface area contributed by atoms with Crippen molar-refractivity contribution in [1.29, 1.82) is 0 Å². The van der Waals surface area contributed by atoms with E-state index in [1.54, 1.807) is 5.20 Å². The highest BCUT2D eigenvalue weighted by molar-refractivity contribution is 7.16. The van der Waals surface area contributed by atoms with E-state index in [-0.39, 0.29) is 0 Å². The Hall–Kier alpha value is -2.64.